The Kier molecular flexibility index (Phi) is 4.63. The Morgan fingerprint density at radius 3 is 3.09 bits per heavy atom. The van der Waals surface area contributed by atoms with E-state index in [0.29, 0.717) is 11.7 Å². The molecule has 1 saturated heterocycles. The van der Waals surface area contributed by atoms with Gasteiger partial charge in [0.05, 0.1) is 7.11 Å². The van der Waals surface area contributed by atoms with Crippen molar-refractivity contribution >= 4 is 0 Å². The number of benzene rings is 1. The normalized spacial score (nSPS) is 18.3. The number of aromatic nitrogens is 2. The highest BCUT2D eigenvalue weighted by atomic mass is 16.5. The second kappa shape index (κ2) is 6.83. The van der Waals surface area contributed by atoms with Gasteiger partial charge in [-0.15, -0.1) is 0 Å². The van der Waals surface area contributed by atoms with Crippen LogP contribution in [0.5, 0.6) is 11.5 Å². The van der Waals surface area contributed by atoms with Crippen LogP contribution in [0.2, 0.25) is 0 Å². The number of hydrogen-bond acceptors (Lipinski definition) is 4. The Morgan fingerprint density at radius 2 is 2.36 bits per heavy atom. The number of methoxy groups -OCH3 is 1. The van der Waals surface area contributed by atoms with Crippen molar-refractivity contribution in [1.29, 1.82) is 0 Å². The molecule has 118 valence electrons. The minimum atomic E-state index is 0.134. The first-order chi connectivity index (χ1) is 10.8. The highest BCUT2D eigenvalue weighted by molar-refractivity contribution is 5.61. The minimum absolute atomic E-state index is 0.134. The lowest BCUT2D eigenvalue weighted by Gasteiger charge is -2.22. The zero-order chi connectivity index (χ0) is 15.4. The maximum atomic E-state index is 9.94. The number of hydrogen-bond donors (Lipinski definition) is 1. The van der Waals surface area contributed by atoms with Crippen molar-refractivity contribution in [2.75, 3.05) is 20.3 Å². The van der Waals surface area contributed by atoms with Crippen LogP contribution in [-0.2, 0) is 11.3 Å². The van der Waals surface area contributed by atoms with Crippen LogP contribution in [0.1, 0.15) is 19.3 Å². The lowest BCUT2D eigenvalue weighted by atomic mass is 9.98. The number of aromatic hydroxyl groups is 1. The summed E-state index contributed by atoms with van der Waals surface area (Å²) in [4.78, 5) is 4.43. The molecule has 0 saturated carbocycles. The molecular weight excluding hydrogens is 280 g/mol. The molecule has 1 aromatic carbocycles. The van der Waals surface area contributed by atoms with Crippen molar-refractivity contribution in [1.82, 2.24) is 9.55 Å². The number of nitrogens with zero attached hydrogens (tertiary/aromatic N) is 2. The number of rotatable bonds is 5. The van der Waals surface area contributed by atoms with E-state index in [0.717, 1.165) is 44.0 Å². The monoisotopic (exact) mass is 302 g/mol. The smallest absolute Gasteiger partial charge is 0.160 e. The molecule has 3 rings (SSSR count). The topological polar surface area (TPSA) is 56.5 Å². The lowest BCUT2D eigenvalue weighted by molar-refractivity contribution is 0.0501. The van der Waals surface area contributed by atoms with Crippen LogP contribution in [0.3, 0.4) is 0 Å². The zero-order valence-electron chi connectivity index (χ0n) is 12.9. The summed E-state index contributed by atoms with van der Waals surface area (Å²) in [5.41, 5.74) is 0.892. The average molecular weight is 302 g/mol. The zero-order valence-corrected chi connectivity index (χ0v) is 12.9. The first kappa shape index (κ1) is 14.9. The predicted molar refractivity (Wildman–Crippen MR) is 84.0 cm³/mol. The van der Waals surface area contributed by atoms with Gasteiger partial charge in [0.2, 0.25) is 0 Å². The third-order valence-corrected chi connectivity index (χ3v) is 4.19. The summed E-state index contributed by atoms with van der Waals surface area (Å²) in [6, 6.07) is 5.38. The van der Waals surface area contributed by atoms with Crippen LogP contribution < -0.4 is 4.74 Å². The molecule has 1 atom stereocenters. The van der Waals surface area contributed by atoms with Crippen molar-refractivity contribution in [3.63, 3.8) is 0 Å². The molecule has 1 aromatic heterocycles. The van der Waals surface area contributed by atoms with E-state index in [-0.39, 0.29) is 5.75 Å². The molecule has 0 aliphatic carbocycles. The molecule has 0 amide bonds. The standard InChI is InChI=1S/C17H22N2O3/c1-21-16-5-4-14(11-15(16)20)17-18-7-9-19(17)8-6-13-3-2-10-22-12-13/h4-5,7,9,11,13,20H,2-3,6,8,10,12H2,1H3. The van der Waals surface area contributed by atoms with Gasteiger partial charge < -0.3 is 19.1 Å². The van der Waals surface area contributed by atoms with Gasteiger partial charge in [0.15, 0.2) is 11.5 Å². The molecule has 22 heavy (non-hydrogen) atoms. The molecule has 5 heteroatoms. The Balaban J connectivity index is 1.72. The van der Waals surface area contributed by atoms with Crippen LogP contribution in [0.15, 0.2) is 30.6 Å². The molecule has 1 N–H and O–H groups in total. The second-order valence-electron chi connectivity index (χ2n) is 5.70. The number of phenolic OH excluding ortho intramolecular Hbond substituents is 1. The number of aryl methyl sites for hydroxylation is 1. The fourth-order valence-electron chi connectivity index (χ4n) is 2.94. The molecule has 2 heterocycles. The maximum absolute atomic E-state index is 9.94. The molecule has 1 unspecified atom stereocenters. The Bertz CT molecular complexity index is 618. The fraction of sp³-hybridized carbons (Fsp3) is 0.471. The van der Waals surface area contributed by atoms with E-state index in [9.17, 15) is 5.11 Å². The number of imidazole rings is 1. The van der Waals surface area contributed by atoms with E-state index in [1.807, 2.05) is 12.3 Å². The van der Waals surface area contributed by atoms with E-state index in [1.54, 1.807) is 25.4 Å². The summed E-state index contributed by atoms with van der Waals surface area (Å²) in [7, 11) is 1.54. The van der Waals surface area contributed by atoms with Gasteiger partial charge >= 0.3 is 0 Å². The molecule has 1 aliphatic heterocycles. The highest BCUT2D eigenvalue weighted by Gasteiger charge is 2.15. The highest BCUT2D eigenvalue weighted by Crippen LogP contribution is 2.31. The Hall–Kier alpha value is -2.01. The van der Waals surface area contributed by atoms with Crippen LogP contribution in [0.4, 0.5) is 0 Å². The van der Waals surface area contributed by atoms with Crippen LogP contribution in [0.25, 0.3) is 11.4 Å². The van der Waals surface area contributed by atoms with Crippen molar-refractivity contribution in [3.05, 3.63) is 30.6 Å². The second-order valence-corrected chi connectivity index (χ2v) is 5.70. The fourth-order valence-corrected chi connectivity index (χ4v) is 2.94. The molecule has 0 radical (unpaired) electrons. The predicted octanol–water partition coefficient (Wildman–Crippen LogP) is 3.08. The molecule has 2 aromatic rings. The van der Waals surface area contributed by atoms with E-state index < -0.39 is 0 Å². The van der Waals surface area contributed by atoms with Crippen LogP contribution in [0, 0.1) is 5.92 Å². The molecule has 0 spiro atoms. The van der Waals surface area contributed by atoms with E-state index >= 15 is 0 Å². The summed E-state index contributed by atoms with van der Waals surface area (Å²) in [5, 5.41) is 9.94. The van der Waals surface area contributed by atoms with Gasteiger partial charge in [0.25, 0.3) is 0 Å². The summed E-state index contributed by atoms with van der Waals surface area (Å²) in [5.74, 6) is 2.11. The third-order valence-electron chi connectivity index (χ3n) is 4.19. The summed E-state index contributed by atoms with van der Waals surface area (Å²) in [6.45, 7) is 2.68. The Labute approximate surface area is 130 Å². The molecule has 5 nitrogen and oxygen atoms in total. The van der Waals surface area contributed by atoms with Gasteiger partial charge in [0, 0.05) is 37.7 Å². The summed E-state index contributed by atoms with van der Waals surface area (Å²) >= 11 is 0. The van der Waals surface area contributed by atoms with E-state index in [2.05, 4.69) is 9.55 Å². The van der Waals surface area contributed by atoms with Gasteiger partial charge in [-0.3, -0.25) is 0 Å². The molecule has 1 aliphatic rings. The van der Waals surface area contributed by atoms with Gasteiger partial charge in [0.1, 0.15) is 5.82 Å². The summed E-state index contributed by atoms with van der Waals surface area (Å²) in [6.07, 6.45) is 7.28. The number of ether oxygens (including phenoxy) is 2. The molecule has 0 bridgehead atoms. The SMILES string of the molecule is COc1ccc(-c2nccn2CCC2CCCOC2)cc1O. The lowest BCUT2D eigenvalue weighted by Crippen LogP contribution is -2.19. The van der Waals surface area contributed by atoms with Crippen LogP contribution >= 0.6 is 0 Å². The Morgan fingerprint density at radius 1 is 1.45 bits per heavy atom. The summed E-state index contributed by atoms with van der Waals surface area (Å²) < 4.78 is 12.8. The van der Waals surface area contributed by atoms with Gasteiger partial charge in [-0.1, -0.05) is 0 Å². The van der Waals surface area contributed by atoms with Crippen molar-refractivity contribution in [3.8, 4) is 22.9 Å². The van der Waals surface area contributed by atoms with Gasteiger partial charge in [-0.05, 0) is 43.4 Å². The van der Waals surface area contributed by atoms with Crippen molar-refractivity contribution in [2.24, 2.45) is 5.92 Å². The van der Waals surface area contributed by atoms with Crippen molar-refractivity contribution < 1.29 is 14.6 Å². The number of phenols is 1. The van der Waals surface area contributed by atoms with E-state index in [4.69, 9.17) is 9.47 Å². The van der Waals surface area contributed by atoms with Crippen LogP contribution in [-0.4, -0.2) is 35.0 Å². The molecular formula is C17H22N2O3. The maximum Gasteiger partial charge on any atom is 0.160 e. The first-order valence-corrected chi connectivity index (χ1v) is 7.74. The third kappa shape index (κ3) is 3.25. The van der Waals surface area contributed by atoms with Crippen molar-refractivity contribution in [2.45, 2.75) is 25.8 Å². The quantitative estimate of drug-likeness (QED) is 0.922. The van der Waals surface area contributed by atoms with Gasteiger partial charge in [-0.2, -0.15) is 0 Å². The van der Waals surface area contributed by atoms with E-state index in [1.165, 1.54) is 6.42 Å². The average Bonchev–Trinajstić information content (AvgIpc) is 3.02. The molecule has 1 fully saturated rings. The van der Waals surface area contributed by atoms with Gasteiger partial charge in [-0.25, -0.2) is 4.98 Å². The largest absolute Gasteiger partial charge is 0.504 e. The minimum Gasteiger partial charge on any atom is -0.504 e. The first-order valence-electron chi connectivity index (χ1n) is 7.74.